The van der Waals surface area contributed by atoms with Gasteiger partial charge in [0, 0.05) is 0 Å². The Morgan fingerprint density at radius 2 is 0.750 bits per heavy atom. The molecule has 0 radical (unpaired) electrons. The fourth-order valence-electron chi connectivity index (χ4n) is 3.17. The molecule has 0 saturated carbocycles. The molecule has 0 saturated heterocycles. The molecule has 0 aliphatic carbocycles. The molecule has 0 aliphatic heterocycles. The lowest BCUT2D eigenvalue weighted by Crippen LogP contribution is -2.23. The van der Waals surface area contributed by atoms with Crippen LogP contribution in [0.4, 0.5) is 0 Å². The van der Waals surface area contributed by atoms with E-state index in [1.807, 2.05) is 0 Å². The van der Waals surface area contributed by atoms with Crippen LogP contribution in [0.15, 0.2) is 79.8 Å². The zero-order valence-corrected chi connectivity index (χ0v) is 15.8. The molecule has 0 N–H and O–H groups in total. The minimum Gasteiger partial charge on any atom is -0.267 e. The zero-order valence-electron chi connectivity index (χ0n) is 14.1. The van der Waals surface area contributed by atoms with Crippen molar-refractivity contribution in [2.24, 2.45) is 0 Å². The number of para-hydroxylation sites is 2. The highest BCUT2D eigenvalue weighted by Gasteiger charge is 2.22. The Balaban J connectivity index is 1.89. The van der Waals surface area contributed by atoms with Crippen molar-refractivity contribution in [1.82, 2.24) is 9.13 Å². The van der Waals surface area contributed by atoms with Crippen LogP contribution in [0.1, 0.15) is 0 Å². The van der Waals surface area contributed by atoms with Crippen molar-refractivity contribution in [1.29, 1.82) is 0 Å². The Morgan fingerprint density at radius 1 is 0.464 bits per heavy atom. The maximum atomic E-state index is 12.9. The summed E-state index contributed by atoms with van der Waals surface area (Å²) in [7, 11) is 0. The Hall–Kier alpha value is -3.36. The molecule has 2 aromatic carbocycles. The molecule has 0 atom stereocenters. The van der Waals surface area contributed by atoms with Gasteiger partial charge in [0.2, 0.25) is 0 Å². The third kappa shape index (κ3) is 2.25. The van der Waals surface area contributed by atoms with Gasteiger partial charge in [-0.05, 0) is 24.3 Å². The number of aromatic nitrogens is 2. The van der Waals surface area contributed by atoms with Gasteiger partial charge in [-0.1, -0.05) is 36.4 Å². The highest BCUT2D eigenvalue weighted by atomic mass is 32.1. The van der Waals surface area contributed by atoms with Gasteiger partial charge in [0.05, 0.1) is 11.4 Å². The molecule has 0 amide bonds. The highest BCUT2D eigenvalue weighted by molar-refractivity contribution is 7.36. The summed E-state index contributed by atoms with van der Waals surface area (Å²) in [6.45, 7) is 0. The Morgan fingerprint density at radius 3 is 1.04 bits per heavy atom. The zero-order chi connectivity index (χ0) is 19.4. The smallest absolute Gasteiger partial charge is 0.267 e. The van der Waals surface area contributed by atoms with Gasteiger partial charge in [-0.3, -0.25) is 19.2 Å². The third-order valence-corrected chi connectivity index (χ3v) is 7.03. The van der Waals surface area contributed by atoms with E-state index in [1.54, 1.807) is 60.7 Å². The molecular formula is C20H10N2O4S2. The number of benzene rings is 2. The monoisotopic (exact) mass is 406 g/mol. The lowest BCUT2D eigenvalue weighted by molar-refractivity contribution is 0.992. The van der Waals surface area contributed by atoms with Gasteiger partial charge in [0.25, 0.3) is 22.2 Å². The van der Waals surface area contributed by atoms with E-state index in [1.165, 1.54) is 0 Å². The molecule has 5 aromatic rings. The Kier molecular flexibility index (Phi) is 3.65. The average molecular weight is 406 g/mol. The Bertz CT molecular complexity index is 1380. The summed E-state index contributed by atoms with van der Waals surface area (Å²) < 4.78 is 2.91. The first kappa shape index (κ1) is 16.8. The van der Waals surface area contributed by atoms with Gasteiger partial charge in [-0.2, -0.15) is 0 Å². The van der Waals surface area contributed by atoms with Gasteiger partial charge in [-0.25, -0.2) is 9.13 Å². The van der Waals surface area contributed by atoms with Gasteiger partial charge in [0.1, 0.15) is 18.8 Å². The van der Waals surface area contributed by atoms with E-state index in [-0.39, 0.29) is 18.8 Å². The fourth-order valence-corrected chi connectivity index (χ4v) is 5.51. The number of hydrogen-bond acceptors (Lipinski definition) is 6. The first-order valence-corrected chi connectivity index (χ1v) is 9.93. The number of nitrogens with zero attached hydrogens (tertiary/aromatic N) is 2. The molecule has 6 nitrogen and oxygen atoms in total. The van der Waals surface area contributed by atoms with E-state index in [0.717, 1.165) is 31.8 Å². The molecule has 0 bridgehead atoms. The van der Waals surface area contributed by atoms with Crippen LogP contribution in [0, 0.1) is 0 Å². The molecule has 136 valence electrons. The fraction of sp³-hybridized carbons (Fsp3) is 0. The minimum absolute atomic E-state index is 0.189. The molecule has 0 spiro atoms. The maximum Gasteiger partial charge on any atom is 0.277 e. The van der Waals surface area contributed by atoms with E-state index in [4.69, 9.17) is 0 Å². The maximum absolute atomic E-state index is 12.9. The van der Waals surface area contributed by atoms with Crippen molar-refractivity contribution in [3.05, 3.63) is 102 Å². The molecule has 8 heteroatoms. The Labute approximate surface area is 164 Å². The van der Waals surface area contributed by atoms with Crippen LogP contribution >= 0.6 is 22.7 Å². The van der Waals surface area contributed by atoms with Crippen molar-refractivity contribution >= 4 is 41.5 Å². The highest BCUT2D eigenvalue weighted by Crippen LogP contribution is 2.27. The molecule has 28 heavy (non-hydrogen) atoms. The van der Waals surface area contributed by atoms with Gasteiger partial charge in [-0.15, -0.1) is 22.7 Å². The quantitative estimate of drug-likeness (QED) is 0.451. The van der Waals surface area contributed by atoms with Crippen molar-refractivity contribution in [3.63, 3.8) is 0 Å². The summed E-state index contributed by atoms with van der Waals surface area (Å²) in [6, 6.07) is 17.2. The summed E-state index contributed by atoms with van der Waals surface area (Å²) >= 11 is 1.82. The van der Waals surface area contributed by atoms with Gasteiger partial charge < -0.3 is 0 Å². The summed E-state index contributed by atoms with van der Waals surface area (Å²) in [4.78, 5) is 51.4. The van der Waals surface area contributed by atoms with E-state index >= 15 is 0 Å². The second kappa shape index (κ2) is 6.08. The largest absolute Gasteiger partial charge is 0.277 e. The van der Waals surface area contributed by atoms with Crippen LogP contribution < -0.4 is 22.2 Å². The number of hydrogen-bond donors (Lipinski definition) is 0. The molecule has 3 heterocycles. The molecule has 0 fully saturated rings. The van der Waals surface area contributed by atoms with Crippen molar-refractivity contribution < 1.29 is 0 Å². The first-order valence-electron chi connectivity index (χ1n) is 8.30. The molecule has 0 unspecified atom stereocenters. The van der Waals surface area contributed by atoms with E-state index in [9.17, 15) is 19.2 Å². The van der Waals surface area contributed by atoms with E-state index in [0.29, 0.717) is 11.4 Å². The normalized spacial score (nSPS) is 11.4. The second-order valence-electron chi connectivity index (χ2n) is 6.08. The SMILES string of the molecule is O=c1c2sc3c(=O)n(-c4ccccc4)c(=O)c3sc2c(=O)n1-c1ccccc1. The molecule has 3 aromatic heterocycles. The van der Waals surface area contributed by atoms with Crippen molar-refractivity contribution in [2.75, 3.05) is 0 Å². The number of rotatable bonds is 2. The van der Waals surface area contributed by atoms with Crippen LogP contribution in [0.3, 0.4) is 0 Å². The standard InChI is InChI=1S/C20H10N2O4S2/c23-17-13-14(18(24)21(17)11-7-3-1-4-8-11)28-16-15(27-13)19(25)22(20(16)26)12-9-5-2-6-10-12/h1-10H. The minimum atomic E-state index is -0.478. The predicted octanol–water partition coefficient (Wildman–Crippen LogP) is 2.58. The lowest BCUT2D eigenvalue weighted by Gasteiger charge is -1.98. The van der Waals surface area contributed by atoms with Gasteiger partial charge in [0.15, 0.2) is 0 Å². The average Bonchev–Trinajstić information content (AvgIpc) is 3.12. The van der Waals surface area contributed by atoms with Crippen LogP contribution in [0.5, 0.6) is 0 Å². The van der Waals surface area contributed by atoms with Crippen molar-refractivity contribution in [3.8, 4) is 11.4 Å². The molecule has 0 aliphatic rings. The summed E-state index contributed by atoms with van der Waals surface area (Å²) in [5.41, 5.74) is -1.00. The van der Waals surface area contributed by atoms with E-state index < -0.39 is 22.2 Å². The van der Waals surface area contributed by atoms with E-state index in [2.05, 4.69) is 0 Å². The molecular weight excluding hydrogens is 396 g/mol. The van der Waals surface area contributed by atoms with Crippen LogP contribution in [-0.2, 0) is 0 Å². The number of fused-ring (bicyclic) bond motifs is 2. The van der Waals surface area contributed by atoms with Crippen LogP contribution in [0.2, 0.25) is 0 Å². The third-order valence-electron chi connectivity index (χ3n) is 4.44. The summed E-state index contributed by atoms with van der Waals surface area (Å²) in [5, 5.41) is 0. The molecule has 5 rings (SSSR count). The first-order chi connectivity index (χ1) is 13.6. The second-order valence-corrected chi connectivity index (χ2v) is 8.12. The lowest BCUT2D eigenvalue weighted by atomic mass is 10.3. The predicted molar refractivity (Wildman–Crippen MR) is 112 cm³/mol. The summed E-state index contributed by atoms with van der Waals surface area (Å²) in [5.74, 6) is 0. The van der Waals surface area contributed by atoms with Gasteiger partial charge >= 0.3 is 0 Å². The van der Waals surface area contributed by atoms with Crippen molar-refractivity contribution in [2.45, 2.75) is 0 Å². The topological polar surface area (TPSA) is 78.1 Å². The summed E-state index contributed by atoms with van der Waals surface area (Å²) in [6.07, 6.45) is 0. The van der Waals surface area contributed by atoms with Crippen LogP contribution in [0.25, 0.3) is 30.2 Å². The van der Waals surface area contributed by atoms with Crippen LogP contribution in [-0.4, -0.2) is 9.13 Å².